The molecule has 0 aliphatic carbocycles. The van der Waals surface area contributed by atoms with Crippen molar-refractivity contribution in [2.24, 2.45) is 0 Å². The summed E-state index contributed by atoms with van der Waals surface area (Å²) in [6.45, 7) is 1.93. The fraction of sp³-hybridized carbons (Fsp3) is 0.333. The Hall–Kier alpha value is -2.34. The minimum Gasteiger partial charge on any atom is -0.336 e. The van der Waals surface area contributed by atoms with E-state index in [1.54, 1.807) is 23.3 Å². The van der Waals surface area contributed by atoms with Gasteiger partial charge < -0.3 is 15.1 Å². The topological polar surface area (TPSA) is 52.7 Å². The van der Waals surface area contributed by atoms with E-state index in [0.29, 0.717) is 13.1 Å². The van der Waals surface area contributed by atoms with Crippen molar-refractivity contribution in [3.05, 3.63) is 57.8 Å². The molecule has 0 fully saturated rings. The van der Waals surface area contributed by atoms with Crippen LogP contribution >= 0.6 is 11.3 Å². The predicted molar refractivity (Wildman–Crippen MR) is 94.7 cm³/mol. The van der Waals surface area contributed by atoms with Gasteiger partial charge in [0.15, 0.2) is 0 Å². The third kappa shape index (κ3) is 3.94. The van der Waals surface area contributed by atoms with Crippen molar-refractivity contribution in [2.45, 2.75) is 19.5 Å². The van der Waals surface area contributed by atoms with Crippen molar-refractivity contribution in [1.29, 1.82) is 0 Å². The number of rotatable bonds is 4. The van der Waals surface area contributed by atoms with Crippen molar-refractivity contribution in [2.75, 3.05) is 20.1 Å². The molecule has 5 nitrogen and oxygen atoms in total. The van der Waals surface area contributed by atoms with Gasteiger partial charge in [-0.1, -0.05) is 30.3 Å². The molecule has 0 radical (unpaired) electrons. The Kier molecular flexibility index (Phi) is 5.15. The second kappa shape index (κ2) is 7.49. The summed E-state index contributed by atoms with van der Waals surface area (Å²) < 4.78 is 0. The van der Waals surface area contributed by atoms with E-state index in [-0.39, 0.29) is 18.5 Å². The van der Waals surface area contributed by atoms with Gasteiger partial charge in [0.05, 0.1) is 6.54 Å². The fourth-order valence-corrected chi connectivity index (χ4v) is 3.68. The smallest absolute Gasteiger partial charge is 0.317 e. The first-order valence-electron chi connectivity index (χ1n) is 7.99. The molecular formula is C18H21N3O2S. The Morgan fingerprint density at radius 2 is 2.04 bits per heavy atom. The molecule has 1 N–H and O–H groups in total. The van der Waals surface area contributed by atoms with E-state index in [4.69, 9.17) is 0 Å². The summed E-state index contributed by atoms with van der Waals surface area (Å²) >= 11 is 1.75. The first-order chi connectivity index (χ1) is 11.6. The molecule has 0 saturated heterocycles. The molecule has 2 heterocycles. The normalized spacial score (nSPS) is 13.3. The second-order valence-corrected chi connectivity index (χ2v) is 6.94. The van der Waals surface area contributed by atoms with Crippen LogP contribution in [0.5, 0.6) is 0 Å². The van der Waals surface area contributed by atoms with Gasteiger partial charge in [-0.3, -0.25) is 4.79 Å². The maximum absolute atomic E-state index is 12.3. The van der Waals surface area contributed by atoms with E-state index < -0.39 is 0 Å². The molecular weight excluding hydrogens is 322 g/mol. The molecule has 6 heteroatoms. The lowest BCUT2D eigenvalue weighted by Crippen LogP contribution is -2.45. The molecule has 0 spiro atoms. The number of urea groups is 1. The molecule has 0 saturated carbocycles. The molecule has 0 unspecified atom stereocenters. The molecule has 3 rings (SSSR count). The summed E-state index contributed by atoms with van der Waals surface area (Å²) in [5.41, 5.74) is 2.29. The summed E-state index contributed by atoms with van der Waals surface area (Å²) in [5, 5.41) is 4.78. The van der Waals surface area contributed by atoms with E-state index in [1.165, 1.54) is 10.4 Å². The minimum atomic E-state index is -0.236. The molecule has 1 aromatic carbocycles. The van der Waals surface area contributed by atoms with Crippen molar-refractivity contribution in [3.63, 3.8) is 0 Å². The van der Waals surface area contributed by atoms with Gasteiger partial charge in [0.1, 0.15) is 0 Å². The highest BCUT2D eigenvalue weighted by molar-refractivity contribution is 7.10. The highest BCUT2D eigenvalue weighted by Gasteiger charge is 2.22. The molecule has 0 atom stereocenters. The standard InChI is InChI=1S/C18H21N3O2S/c1-20(12-14-5-3-2-4-6-14)18(23)19-11-17(22)21-9-7-16-15(13-21)8-10-24-16/h2-6,8,10H,7,9,11-13H2,1H3,(H,19,23). The number of fused-ring (bicyclic) bond motifs is 1. The number of hydrogen-bond donors (Lipinski definition) is 1. The Labute approximate surface area is 145 Å². The molecule has 2 aromatic rings. The van der Waals surface area contributed by atoms with Crippen LogP contribution in [-0.2, 0) is 24.3 Å². The number of carbonyl (C=O) groups excluding carboxylic acids is 2. The van der Waals surface area contributed by atoms with Crippen molar-refractivity contribution in [1.82, 2.24) is 15.1 Å². The van der Waals surface area contributed by atoms with Gasteiger partial charge in [-0.15, -0.1) is 11.3 Å². The van der Waals surface area contributed by atoms with Crippen LogP contribution in [0.4, 0.5) is 4.79 Å². The number of hydrogen-bond acceptors (Lipinski definition) is 3. The fourth-order valence-electron chi connectivity index (χ4n) is 2.79. The second-order valence-electron chi connectivity index (χ2n) is 5.93. The maximum atomic E-state index is 12.3. The summed E-state index contributed by atoms with van der Waals surface area (Å²) in [6, 6.07) is 11.6. The highest BCUT2D eigenvalue weighted by Crippen LogP contribution is 2.23. The zero-order valence-electron chi connectivity index (χ0n) is 13.7. The van der Waals surface area contributed by atoms with Crippen molar-refractivity contribution in [3.8, 4) is 0 Å². The molecule has 3 amide bonds. The highest BCUT2D eigenvalue weighted by atomic mass is 32.1. The quantitative estimate of drug-likeness (QED) is 0.927. The summed E-state index contributed by atoms with van der Waals surface area (Å²) in [5.74, 6) is -0.0340. The van der Waals surface area contributed by atoms with Crippen LogP contribution in [0.25, 0.3) is 0 Å². The van der Waals surface area contributed by atoms with Gasteiger partial charge in [0.25, 0.3) is 0 Å². The van der Waals surface area contributed by atoms with Gasteiger partial charge in [0.2, 0.25) is 5.91 Å². The van der Waals surface area contributed by atoms with Crippen LogP contribution in [0.2, 0.25) is 0 Å². The van der Waals surface area contributed by atoms with E-state index in [9.17, 15) is 9.59 Å². The molecule has 24 heavy (non-hydrogen) atoms. The largest absolute Gasteiger partial charge is 0.336 e. The average molecular weight is 343 g/mol. The molecule has 126 valence electrons. The summed E-state index contributed by atoms with van der Waals surface area (Å²) in [4.78, 5) is 29.2. The number of benzene rings is 1. The predicted octanol–water partition coefficient (Wildman–Crippen LogP) is 2.47. The van der Waals surface area contributed by atoms with Crippen LogP contribution < -0.4 is 5.32 Å². The third-order valence-electron chi connectivity index (χ3n) is 4.16. The molecule has 1 aliphatic heterocycles. The van der Waals surface area contributed by atoms with Crippen molar-refractivity contribution < 1.29 is 9.59 Å². The first-order valence-corrected chi connectivity index (χ1v) is 8.87. The number of nitrogens with one attached hydrogen (secondary N) is 1. The maximum Gasteiger partial charge on any atom is 0.317 e. The van der Waals surface area contributed by atoms with Crippen LogP contribution in [0.15, 0.2) is 41.8 Å². The van der Waals surface area contributed by atoms with Crippen LogP contribution in [0.3, 0.4) is 0 Å². The Balaban J connectivity index is 1.46. The van der Waals surface area contributed by atoms with E-state index in [0.717, 1.165) is 18.5 Å². The minimum absolute atomic E-state index is 0.0340. The van der Waals surface area contributed by atoms with Gasteiger partial charge in [-0.05, 0) is 29.0 Å². The van der Waals surface area contributed by atoms with Crippen molar-refractivity contribution >= 4 is 23.3 Å². The third-order valence-corrected chi connectivity index (χ3v) is 5.18. The summed E-state index contributed by atoms with van der Waals surface area (Å²) in [6.07, 6.45) is 0.903. The lowest BCUT2D eigenvalue weighted by atomic mass is 10.1. The molecule has 1 aromatic heterocycles. The van der Waals surface area contributed by atoms with Gasteiger partial charge in [-0.25, -0.2) is 4.79 Å². The number of amides is 3. The summed E-state index contributed by atoms with van der Waals surface area (Å²) in [7, 11) is 1.73. The lowest BCUT2D eigenvalue weighted by molar-refractivity contribution is -0.131. The monoisotopic (exact) mass is 343 g/mol. The zero-order valence-corrected chi connectivity index (χ0v) is 14.5. The zero-order chi connectivity index (χ0) is 16.9. The average Bonchev–Trinajstić information content (AvgIpc) is 3.07. The van der Waals surface area contributed by atoms with Crippen LogP contribution in [0, 0.1) is 0 Å². The van der Waals surface area contributed by atoms with Gasteiger partial charge in [0, 0.05) is 31.6 Å². The van der Waals surface area contributed by atoms with E-state index in [1.807, 2.05) is 35.2 Å². The molecule has 0 bridgehead atoms. The van der Waals surface area contributed by atoms with E-state index >= 15 is 0 Å². The number of carbonyl (C=O) groups is 2. The van der Waals surface area contributed by atoms with Crippen LogP contribution in [0.1, 0.15) is 16.0 Å². The number of nitrogens with zero attached hydrogens (tertiary/aromatic N) is 2. The van der Waals surface area contributed by atoms with Gasteiger partial charge in [-0.2, -0.15) is 0 Å². The number of thiophene rings is 1. The SMILES string of the molecule is CN(Cc1ccccc1)C(=O)NCC(=O)N1CCc2sccc2C1. The first kappa shape index (κ1) is 16.5. The Morgan fingerprint density at radius 1 is 1.25 bits per heavy atom. The molecule has 1 aliphatic rings. The van der Waals surface area contributed by atoms with E-state index in [2.05, 4.69) is 16.8 Å². The Morgan fingerprint density at radius 3 is 2.83 bits per heavy atom. The van der Waals surface area contributed by atoms with Gasteiger partial charge >= 0.3 is 6.03 Å². The lowest BCUT2D eigenvalue weighted by Gasteiger charge is -2.27. The van der Waals surface area contributed by atoms with Crippen LogP contribution in [-0.4, -0.2) is 41.9 Å². The Bertz CT molecular complexity index is 714.